The lowest BCUT2D eigenvalue weighted by Crippen LogP contribution is -2.21. The van der Waals surface area contributed by atoms with Gasteiger partial charge in [0.1, 0.15) is 18.2 Å². The van der Waals surface area contributed by atoms with Crippen molar-refractivity contribution in [2.45, 2.75) is 32.4 Å². The highest BCUT2D eigenvalue weighted by atomic mass is 16.5. The first-order valence-corrected chi connectivity index (χ1v) is 6.11. The molecule has 1 fully saturated rings. The van der Waals surface area contributed by atoms with Crippen molar-refractivity contribution in [2.24, 2.45) is 0 Å². The number of nitrogens with zero attached hydrogens (tertiary/aromatic N) is 3. The summed E-state index contributed by atoms with van der Waals surface area (Å²) in [6, 6.07) is 2.63. The molecule has 5 heteroatoms. The van der Waals surface area contributed by atoms with E-state index in [4.69, 9.17) is 4.74 Å². The Balaban J connectivity index is 2.18. The van der Waals surface area contributed by atoms with E-state index >= 15 is 0 Å². The predicted octanol–water partition coefficient (Wildman–Crippen LogP) is 1.65. The van der Waals surface area contributed by atoms with Crippen LogP contribution in [0.25, 0.3) is 0 Å². The van der Waals surface area contributed by atoms with Gasteiger partial charge in [-0.3, -0.25) is 0 Å². The molecule has 1 heterocycles. The molecule has 0 unspecified atom stereocenters. The van der Waals surface area contributed by atoms with Crippen LogP contribution >= 0.6 is 0 Å². The van der Waals surface area contributed by atoms with E-state index in [1.165, 1.54) is 12.8 Å². The predicted molar refractivity (Wildman–Crippen MR) is 68.3 cm³/mol. The molecule has 94 valence electrons. The maximum atomic E-state index is 5.36. The number of anilines is 2. The molecule has 0 spiro atoms. The minimum atomic E-state index is 0.470. The van der Waals surface area contributed by atoms with Crippen LogP contribution in [-0.2, 0) is 11.3 Å². The third kappa shape index (κ3) is 3.06. The Bertz CT molecular complexity index is 379. The molecule has 0 saturated heterocycles. The zero-order valence-electron chi connectivity index (χ0n) is 10.7. The Labute approximate surface area is 102 Å². The summed E-state index contributed by atoms with van der Waals surface area (Å²) >= 11 is 0. The minimum absolute atomic E-state index is 0.470. The third-order valence-corrected chi connectivity index (χ3v) is 2.91. The highest BCUT2D eigenvalue weighted by molar-refractivity contribution is 5.50. The molecule has 5 nitrogen and oxygen atoms in total. The summed E-state index contributed by atoms with van der Waals surface area (Å²) in [4.78, 5) is 11.1. The van der Waals surface area contributed by atoms with E-state index < -0.39 is 0 Å². The molecule has 17 heavy (non-hydrogen) atoms. The van der Waals surface area contributed by atoms with Crippen LogP contribution in [0.15, 0.2) is 6.07 Å². The molecule has 0 aliphatic heterocycles. The molecule has 1 aromatic heterocycles. The van der Waals surface area contributed by atoms with Gasteiger partial charge in [-0.05, 0) is 19.8 Å². The van der Waals surface area contributed by atoms with Crippen molar-refractivity contribution in [1.29, 1.82) is 0 Å². The standard InChI is InChI=1S/C12H20N4O/c1-4-17-8-11-14-10(13-2)7-12(15-11)16(3)9-5-6-9/h7,9H,4-6,8H2,1-3H3,(H,13,14,15). The maximum Gasteiger partial charge on any atom is 0.158 e. The van der Waals surface area contributed by atoms with Crippen LogP contribution in [0.5, 0.6) is 0 Å². The molecular weight excluding hydrogens is 216 g/mol. The molecule has 1 aliphatic rings. The number of hydrogen-bond donors (Lipinski definition) is 1. The summed E-state index contributed by atoms with van der Waals surface area (Å²) in [5.41, 5.74) is 0. The van der Waals surface area contributed by atoms with Crippen LogP contribution in [-0.4, -0.2) is 36.7 Å². The van der Waals surface area contributed by atoms with Crippen molar-refractivity contribution in [3.8, 4) is 0 Å². The lowest BCUT2D eigenvalue weighted by molar-refractivity contribution is 0.128. The van der Waals surface area contributed by atoms with E-state index in [1.807, 2.05) is 20.0 Å². The smallest absolute Gasteiger partial charge is 0.158 e. The van der Waals surface area contributed by atoms with Gasteiger partial charge in [-0.2, -0.15) is 0 Å². The van der Waals surface area contributed by atoms with Crippen molar-refractivity contribution in [3.05, 3.63) is 11.9 Å². The van der Waals surface area contributed by atoms with Gasteiger partial charge in [-0.15, -0.1) is 0 Å². The quantitative estimate of drug-likeness (QED) is 0.814. The number of hydrogen-bond acceptors (Lipinski definition) is 5. The number of nitrogens with one attached hydrogen (secondary N) is 1. The Hall–Kier alpha value is -1.36. The third-order valence-electron chi connectivity index (χ3n) is 2.91. The van der Waals surface area contributed by atoms with Crippen molar-refractivity contribution in [2.75, 3.05) is 30.9 Å². The lowest BCUT2D eigenvalue weighted by atomic mass is 10.4. The second kappa shape index (κ2) is 5.31. The van der Waals surface area contributed by atoms with Crippen LogP contribution in [0.1, 0.15) is 25.6 Å². The molecule has 2 rings (SSSR count). The molecular formula is C12H20N4O. The summed E-state index contributed by atoms with van der Waals surface area (Å²) in [6.07, 6.45) is 2.52. The van der Waals surface area contributed by atoms with Crippen molar-refractivity contribution < 1.29 is 4.74 Å². The van der Waals surface area contributed by atoms with Gasteiger partial charge >= 0.3 is 0 Å². The highest BCUT2D eigenvalue weighted by Crippen LogP contribution is 2.29. The lowest BCUT2D eigenvalue weighted by Gasteiger charge is -2.18. The minimum Gasteiger partial charge on any atom is -0.374 e. The Kier molecular flexibility index (Phi) is 3.78. The topological polar surface area (TPSA) is 50.3 Å². The molecule has 0 atom stereocenters. The van der Waals surface area contributed by atoms with E-state index in [0.717, 1.165) is 17.5 Å². The van der Waals surface area contributed by atoms with Gasteiger partial charge in [0.25, 0.3) is 0 Å². The second-order valence-electron chi connectivity index (χ2n) is 4.26. The number of rotatable bonds is 6. The molecule has 0 amide bonds. The molecule has 1 aliphatic carbocycles. The summed E-state index contributed by atoms with van der Waals surface area (Å²) in [7, 11) is 3.96. The first-order chi connectivity index (χ1) is 8.24. The average Bonchev–Trinajstić information content (AvgIpc) is 3.19. The molecule has 1 saturated carbocycles. The first-order valence-electron chi connectivity index (χ1n) is 6.11. The van der Waals surface area contributed by atoms with Crippen molar-refractivity contribution >= 4 is 11.6 Å². The van der Waals surface area contributed by atoms with Crippen LogP contribution < -0.4 is 10.2 Å². The largest absolute Gasteiger partial charge is 0.374 e. The first kappa shape index (κ1) is 12.1. The zero-order chi connectivity index (χ0) is 12.3. The van der Waals surface area contributed by atoms with Crippen molar-refractivity contribution in [1.82, 2.24) is 9.97 Å². The van der Waals surface area contributed by atoms with Gasteiger partial charge in [0.05, 0.1) is 0 Å². The van der Waals surface area contributed by atoms with E-state index in [9.17, 15) is 0 Å². The summed E-state index contributed by atoms with van der Waals surface area (Å²) in [5.74, 6) is 2.56. The SMILES string of the molecule is CCOCc1nc(NC)cc(N(C)C2CC2)n1. The summed E-state index contributed by atoms with van der Waals surface area (Å²) in [6.45, 7) is 3.12. The Morgan fingerprint density at radius 2 is 2.24 bits per heavy atom. The fraction of sp³-hybridized carbons (Fsp3) is 0.667. The molecule has 0 aromatic carbocycles. The monoisotopic (exact) mass is 236 g/mol. The maximum absolute atomic E-state index is 5.36. The average molecular weight is 236 g/mol. The van der Waals surface area contributed by atoms with E-state index in [1.54, 1.807) is 0 Å². The van der Waals surface area contributed by atoms with Gasteiger partial charge in [0, 0.05) is 32.8 Å². The van der Waals surface area contributed by atoms with Gasteiger partial charge in [0.2, 0.25) is 0 Å². The zero-order valence-corrected chi connectivity index (χ0v) is 10.7. The molecule has 0 radical (unpaired) electrons. The Morgan fingerprint density at radius 1 is 1.47 bits per heavy atom. The van der Waals surface area contributed by atoms with Crippen LogP contribution in [0.4, 0.5) is 11.6 Å². The molecule has 1 N–H and O–H groups in total. The van der Waals surface area contributed by atoms with Crippen LogP contribution in [0, 0.1) is 0 Å². The van der Waals surface area contributed by atoms with Gasteiger partial charge < -0.3 is 15.0 Å². The van der Waals surface area contributed by atoms with Gasteiger partial charge in [0.15, 0.2) is 5.82 Å². The van der Waals surface area contributed by atoms with E-state index in [2.05, 4.69) is 27.2 Å². The van der Waals surface area contributed by atoms with E-state index in [-0.39, 0.29) is 0 Å². The Morgan fingerprint density at radius 3 is 2.82 bits per heavy atom. The van der Waals surface area contributed by atoms with Crippen molar-refractivity contribution in [3.63, 3.8) is 0 Å². The normalized spacial score (nSPS) is 14.8. The summed E-state index contributed by atoms with van der Waals surface area (Å²) in [5, 5.41) is 3.07. The van der Waals surface area contributed by atoms with Gasteiger partial charge in [-0.25, -0.2) is 9.97 Å². The fourth-order valence-electron chi connectivity index (χ4n) is 1.70. The van der Waals surface area contributed by atoms with E-state index in [0.29, 0.717) is 19.3 Å². The van der Waals surface area contributed by atoms with Crippen LogP contribution in [0.2, 0.25) is 0 Å². The summed E-state index contributed by atoms with van der Waals surface area (Å²) < 4.78 is 5.36. The fourth-order valence-corrected chi connectivity index (χ4v) is 1.70. The highest BCUT2D eigenvalue weighted by Gasteiger charge is 2.27. The molecule has 0 bridgehead atoms. The van der Waals surface area contributed by atoms with Crippen LogP contribution in [0.3, 0.4) is 0 Å². The van der Waals surface area contributed by atoms with Gasteiger partial charge in [-0.1, -0.05) is 0 Å². The second-order valence-corrected chi connectivity index (χ2v) is 4.26. The molecule has 1 aromatic rings. The number of ether oxygens (including phenoxy) is 1. The number of aromatic nitrogens is 2.